The smallest absolute Gasteiger partial charge is 0.253 e. The number of aromatic nitrogens is 1. The van der Waals surface area contributed by atoms with Crippen LogP contribution in [0.1, 0.15) is 15.2 Å². The van der Waals surface area contributed by atoms with E-state index in [0.717, 1.165) is 5.13 Å². The number of carbonyl (C=O) groups excluding carboxylic acids is 1. The molecule has 2 aromatic rings. The van der Waals surface area contributed by atoms with Gasteiger partial charge in [0.1, 0.15) is 0 Å². The monoisotopic (exact) mass is 328 g/mol. The first kappa shape index (κ1) is 15.3. The van der Waals surface area contributed by atoms with E-state index in [1.807, 2.05) is 35.2 Å². The van der Waals surface area contributed by atoms with E-state index < -0.39 is 0 Å². The van der Waals surface area contributed by atoms with Gasteiger partial charge in [-0.2, -0.15) is 0 Å². The van der Waals surface area contributed by atoms with Gasteiger partial charge in [0.2, 0.25) is 0 Å². The van der Waals surface area contributed by atoms with Crippen molar-refractivity contribution in [2.45, 2.75) is 0 Å². The molecule has 2 heterocycles. The number of carbonyl (C=O) groups is 1. The Kier molecular flexibility index (Phi) is 4.42. The Labute approximate surface area is 137 Å². The van der Waals surface area contributed by atoms with E-state index >= 15 is 0 Å². The van der Waals surface area contributed by atoms with Crippen LogP contribution < -0.4 is 4.90 Å². The largest absolute Gasteiger partial charge is 0.345 e. The highest BCUT2D eigenvalue weighted by molar-refractivity contribution is 7.17. The van der Waals surface area contributed by atoms with Gasteiger partial charge in [0.25, 0.3) is 5.91 Å². The minimum Gasteiger partial charge on any atom is -0.345 e. The predicted molar refractivity (Wildman–Crippen MR) is 88.6 cm³/mol. The maximum atomic E-state index is 12.4. The summed E-state index contributed by atoms with van der Waals surface area (Å²) in [4.78, 5) is 21.2. The van der Waals surface area contributed by atoms with Gasteiger partial charge in [0, 0.05) is 31.7 Å². The number of hydrogen-bond acceptors (Lipinski definition) is 6. The van der Waals surface area contributed by atoms with Crippen LogP contribution in [-0.4, -0.2) is 47.8 Å². The number of amides is 1. The lowest BCUT2D eigenvalue weighted by Gasteiger charge is -2.34. The second-order valence-corrected chi connectivity index (χ2v) is 6.12. The van der Waals surface area contributed by atoms with Crippen LogP contribution in [0.3, 0.4) is 0 Å². The molecule has 1 aliphatic heterocycles. The van der Waals surface area contributed by atoms with Gasteiger partial charge in [0.15, 0.2) is 11.0 Å². The van der Waals surface area contributed by atoms with Crippen LogP contribution in [0.25, 0.3) is 0 Å². The van der Waals surface area contributed by atoms with Crippen molar-refractivity contribution in [1.82, 2.24) is 9.88 Å². The minimum absolute atomic E-state index is 0.0554. The Bertz CT molecular complexity index is 721. The minimum atomic E-state index is -0.0772. The van der Waals surface area contributed by atoms with Crippen LogP contribution in [-0.2, 0) is 0 Å². The van der Waals surface area contributed by atoms with Gasteiger partial charge >= 0.3 is 0 Å². The molecule has 1 fully saturated rings. The molecule has 2 N–H and O–H groups in total. The fourth-order valence-corrected chi connectivity index (χ4v) is 3.30. The Balaban J connectivity index is 1.62. The summed E-state index contributed by atoms with van der Waals surface area (Å²) < 4.78 is 0. The number of benzene rings is 1. The maximum absolute atomic E-state index is 12.4. The summed E-state index contributed by atoms with van der Waals surface area (Å²) in [5, 5.41) is 11.5. The molecular weight excluding hydrogens is 312 g/mol. The number of nitrogens with one attached hydrogen (secondary N) is 2. The molecule has 1 amide bonds. The molecule has 1 saturated heterocycles. The van der Waals surface area contributed by atoms with E-state index in [1.54, 1.807) is 6.20 Å². The number of thiazole rings is 1. The van der Waals surface area contributed by atoms with E-state index in [0.29, 0.717) is 36.6 Å². The fourth-order valence-electron chi connectivity index (χ4n) is 2.44. The lowest BCUT2D eigenvalue weighted by molar-refractivity contribution is 0.0747. The summed E-state index contributed by atoms with van der Waals surface area (Å²) in [5.74, 6) is -0.0218. The Morgan fingerprint density at radius 3 is 2.52 bits per heavy atom. The Hall–Kier alpha value is -2.61. The first-order valence-corrected chi connectivity index (χ1v) is 8.02. The summed E-state index contributed by atoms with van der Waals surface area (Å²) >= 11 is 1.35. The molecule has 23 heavy (non-hydrogen) atoms. The van der Waals surface area contributed by atoms with Gasteiger partial charge < -0.3 is 9.80 Å². The summed E-state index contributed by atoms with van der Waals surface area (Å²) in [6, 6.07) is 9.30. The molecule has 118 valence electrons. The molecule has 0 aliphatic carbocycles. The number of piperazine rings is 1. The third-order valence-corrected chi connectivity index (χ3v) is 4.76. The zero-order valence-electron chi connectivity index (χ0n) is 12.4. The summed E-state index contributed by atoms with van der Waals surface area (Å²) in [6.45, 7) is 2.69. The molecule has 0 atom stereocenters. The van der Waals surface area contributed by atoms with Crippen molar-refractivity contribution in [3.05, 3.63) is 47.0 Å². The number of anilines is 1. The van der Waals surface area contributed by atoms with Crippen LogP contribution >= 0.6 is 11.3 Å². The van der Waals surface area contributed by atoms with Crippen LogP contribution in [0.2, 0.25) is 0 Å². The summed E-state index contributed by atoms with van der Waals surface area (Å²) in [6.07, 6.45) is 1.57. The van der Waals surface area contributed by atoms with Crippen molar-refractivity contribution in [2.24, 2.45) is 5.11 Å². The number of rotatable bonds is 3. The van der Waals surface area contributed by atoms with Crippen LogP contribution in [0.5, 0.6) is 0 Å². The molecule has 0 unspecified atom stereocenters. The first-order chi connectivity index (χ1) is 11.2. The van der Waals surface area contributed by atoms with E-state index in [9.17, 15) is 4.79 Å². The van der Waals surface area contributed by atoms with Crippen molar-refractivity contribution in [1.29, 1.82) is 10.9 Å². The lowest BCUT2D eigenvalue weighted by atomic mass is 10.2. The number of hydrogen-bond donors (Lipinski definition) is 2. The highest BCUT2D eigenvalue weighted by Crippen LogP contribution is 2.24. The van der Waals surface area contributed by atoms with Gasteiger partial charge in [-0.05, 0) is 12.1 Å². The molecule has 1 aromatic carbocycles. The molecule has 1 aromatic heterocycles. The van der Waals surface area contributed by atoms with Gasteiger partial charge in [0.05, 0.1) is 11.1 Å². The molecule has 0 spiro atoms. The summed E-state index contributed by atoms with van der Waals surface area (Å²) in [5.41, 5.74) is 7.59. The third-order valence-electron chi connectivity index (χ3n) is 3.70. The maximum Gasteiger partial charge on any atom is 0.253 e. The molecule has 0 saturated carbocycles. The van der Waals surface area contributed by atoms with Crippen molar-refractivity contribution in [2.75, 3.05) is 31.1 Å². The number of nitrogens with zero attached hydrogens (tertiary/aromatic N) is 4. The van der Waals surface area contributed by atoms with Crippen molar-refractivity contribution < 1.29 is 4.79 Å². The highest BCUT2D eigenvalue weighted by Gasteiger charge is 2.23. The van der Waals surface area contributed by atoms with Crippen LogP contribution in [0.4, 0.5) is 5.13 Å². The first-order valence-electron chi connectivity index (χ1n) is 7.20. The second-order valence-electron chi connectivity index (χ2n) is 5.11. The average Bonchev–Trinajstić information content (AvgIpc) is 3.11. The molecular formula is C15H16N6OS. The Morgan fingerprint density at radius 1 is 1.17 bits per heavy atom. The quantitative estimate of drug-likeness (QED) is 0.514. The van der Waals surface area contributed by atoms with Crippen LogP contribution in [0, 0.1) is 10.9 Å². The Morgan fingerprint density at radius 2 is 1.87 bits per heavy atom. The van der Waals surface area contributed by atoms with E-state index in [2.05, 4.69) is 15.0 Å². The molecule has 7 nitrogen and oxygen atoms in total. The zero-order valence-corrected chi connectivity index (χ0v) is 13.2. The van der Waals surface area contributed by atoms with Gasteiger partial charge in [-0.25, -0.2) is 10.5 Å². The zero-order chi connectivity index (χ0) is 16.2. The molecule has 3 rings (SSSR count). The molecule has 0 radical (unpaired) electrons. The van der Waals surface area contributed by atoms with Crippen molar-refractivity contribution in [3.63, 3.8) is 0 Å². The van der Waals surface area contributed by atoms with Crippen molar-refractivity contribution >= 4 is 28.2 Å². The normalized spacial score (nSPS) is 14.6. The molecule has 8 heteroatoms. The van der Waals surface area contributed by atoms with E-state index in [1.165, 1.54) is 11.3 Å². The molecule has 1 aliphatic rings. The second kappa shape index (κ2) is 6.66. The van der Waals surface area contributed by atoms with Gasteiger partial charge in [-0.3, -0.25) is 10.2 Å². The van der Waals surface area contributed by atoms with Gasteiger partial charge in [-0.15, -0.1) is 5.11 Å². The van der Waals surface area contributed by atoms with E-state index in [-0.39, 0.29) is 11.7 Å². The number of amidine groups is 1. The lowest BCUT2D eigenvalue weighted by Crippen LogP contribution is -2.48. The standard InChI is InChI=1S/C15H16N6OS/c16-13(19-17)12-10-18-15(23-12)21-8-6-20(7-9-21)14(22)11-4-2-1-3-5-11/h1-5,10,16-17H,6-9H2. The third kappa shape index (κ3) is 3.26. The average molecular weight is 328 g/mol. The highest BCUT2D eigenvalue weighted by atomic mass is 32.1. The molecule has 0 bridgehead atoms. The SMILES string of the molecule is N=NC(=N)c1cnc(N2CCN(C(=O)c3ccccc3)CC2)s1. The summed E-state index contributed by atoms with van der Waals surface area (Å²) in [7, 11) is 0. The van der Waals surface area contributed by atoms with Crippen molar-refractivity contribution in [3.8, 4) is 0 Å². The topological polar surface area (TPSA) is 96.5 Å². The van der Waals surface area contributed by atoms with E-state index in [4.69, 9.17) is 10.9 Å². The predicted octanol–water partition coefficient (Wildman–Crippen LogP) is 2.46. The van der Waals surface area contributed by atoms with Gasteiger partial charge in [-0.1, -0.05) is 29.5 Å². The van der Waals surface area contributed by atoms with Crippen LogP contribution in [0.15, 0.2) is 41.6 Å². The fraction of sp³-hybridized carbons (Fsp3) is 0.267.